The molecule has 0 fully saturated rings. The Hall–Kier alpha value is -0.900. The molecule has 0 saturated heterocycles. The fourth-order valence-corrected chi connectivity index (χ4v) is 1.52. The Morgan fingerprint density at radius 3 is 2.50 bits per heavy atom. The molecule has 0 spiro atoms. The van der Waals surface area contributed by atoms with E-state index < -0.39 is 0 Å². The van der Waals surface area contributed by atoms with Crippen LogP contribution in [0.2, 0.25) is 0 Å². The molecule has 3 nitrogen and oxygen atoms in total. The van der Waals surface area contributed by atoms with Gasteiger partial charge in [0.25, 0.3) is 0 Å². The second-order valence-electron chi connectivity index (χ2n) is 2.52. The molecule has 0 unspecified atom stereocenters. The number of rotatable bonds is 5. The van der Waals surface area contributed by atoms with Crippen molar-refractivity contribution in [1.82, 2.24) is 4.98 Å². The Morgan fingerprint density at radius 2 is 1.93 bits per heavy atom. The van der Waals surface area contributed by atoms with E-state index in [2.05, 4.69) is 4.98 Å². The molecular formula is C10H15NO2S. The third-order valence-electron chi connectivity index (χ3n) is 1.59. The normalized spacial score (nSPS) is 9.93. The van der Waals surface area contributed by atoms with Crippen LogP contribution in [0.1, 0.15) is 13.8 Å². The number of ether oxygens (including phenoxy) is 2. The molecule has 1 aromatic heterocycles. The molecule has 0 aromatic carbocycles. The van der Waals surface area contributed by atoms with Gasteiger partial charge in [-0.1, -0.05) is 0 Å². The van der Waals surface area contributed by atoms with Gasteiger partial charge in [0.2, 0.25) is 11.8 Å². The maximum absolute atomic E-state index is 5.40. The average Bonchev–Trinajstić information content (AvgIpc) is 2.19. The Bertz CT molecular complexity index is 291. The lowest BCUT2D eigenvalue weighted by Crippen LogP contribution is -1.99. The first-order valence-corrected chi connectivity index (χ1v) is 5.84. The third kappa shape index (κ3) is 2.80. The number of nitrogens with zero attached hydrogens (tertiary/aromatic N) is 1. The Kier molecular flexibility index (Phi) is 4.59. The summed E-state index contributed by atoms with van der Waals surface area (Å²) in [5, 5.41) is 0. The molecule has 1 rings (SSSR count). The molecule has 0 amide bonds. The SMILES string of the molecule is CCOc1ccc(SC)c(OCC)n1. The van der Waals surface area contributed by atoms with Crippen LogP contribution in [0.5, 0.6) is 11.8 Å². The molecule has 0 aliphatic rings. The molecule has 14 heavy (non-hydrogen) atoms. The first kappa shape index (κ1) is 11.2. The first-order chi connectivity index (χ1) is 6.81. The summed E-state index contributed by atoms with van der Waals surface area (Å²) < 4.78 is 10.7. The van der Waals surface area contributed by atoms with E-state index in [1.165, 1.54) is 0 Å². The number of hydrogen-bond acceptors (Lipinski definition) is 4. The van der Waals surface area contributed by atoms with E-state index >= 15 is 0 Å². The Labute approximate surface area is 88.8 Å². The zero-order chi connectivity index (χ0) is 10.4. The monoisotopic (exact) mass is 213 g/mol. The van der Waals surface area contributed by atoms with E-state index in [1.54, 1.807) is 11.8 Å². The molecular weight excluding hydrogens is 198 g/mol. The summed E-state index contributed by atoms with van der Waals surface area (Å²) in [7, 11) is 0. The second-order valence-corrected chi connectivity index (χ2v) is 3.37. The average molecular weight is 213 g/mol. The van der Waals surface area contributed by atoms with Crippen molar-refractivity contribution in [3.8, 4) is 11.8 Å². The molecule has 0 atom stereocenters. The van der Waals surface area contributed by atoms with Gasteiger partial charge in [-0.05, 0) is 26.2 Å². The van der Waals surface area contributed by atoms with Crippen molar-refractivity contribution < 1.29 is 9.47 Å². The molecule has 1 aromatic rings. The summed E-state index contributed by atoms with van der Waals surface area (Å²) in [5.41, 5.74) is 0. The molecule has 0 aliphatic heterocycles. The van der Waals surface area contributed by atoms with Gasteiger partial charge in [0, 0.05) is 6.07 Å². The number of hydrogen-bond donors (Lipinski definition) is 0. The number of aromatic nitrogens is 1. The van der Waals surface area contributed by atoms with Crippen molar-refractivity contribution in [3.05, 3.63) is 12.1 Å². The minimum atomic E-state index is 0.619. The molecule has 4 heteroatoms. The molecule has 0 aliphatic carbocycles. The molecule has 0 N–H and O–H groups in total. The maximum atomic E-state index is 5.40. The molecule has 0 saturated carbocycles. The van der Waals surface area contributed by atoms with Gasteiger partial charge in [-0.15, -0.1) is 11.8 Å². The third-order valence-corrected chi connectivity index (χ3v) is 2.34. The van der Waals surface area contributed by atoms with Crippen LogP contribution >= 0.6 is 11.8 Å². The highest BCUT2D eigenvalue weighted by atomic mass is 32.2. The Balaban J connectivity index is 2.88. The van der Waals surface area contributed by atoms with Crippen LogP contribution in [-0.4, -0.2) is 24.5 Å². The highest BCUT2D eigenvalue weighted by molar-refractivity contribution is 7.98. The summed E-state index contributed by atoms with van der Waals surface area (Å²) in [6, 6.07) is 3.82. The highest BCUT2D eigenvalue weighted by Gasteiger charge is 2.05. The van der Waals surface area contributed by atoms with Gasteiger partial charge in [0.1, 0.15) is 0 Å². The van der Waals surface area contributed by atoms with Crippen LogP contribution in [-0.2, 0) is 0 Å². The van der Waals surface area contributed by atoms with Crippen molar-refractivity contribution in [2.45, 2.75) is 18.7 Å². The van der Waals surface area contributed by atoms with E-state index in [0.717, 1.165) is 4.90 Å². The minimum absolute atomic E-state index is 0.619. The lowest BCUT2D eigenvalue weighted by atomic mass is 10.4. The van der Waals surface area contributed by atoms with E-state index in [1.807, 2.05) is 32.2 Å². The van der Waals surface area contributed by atoms with Crippen LogP contribution in [0, 0.1) is 0 Å². The summed E-state index contributed by atoms with van der Waals surface area (Å²) in [4.78, 5) is 5.30. The number of thioether (sulfide) groups is 1. The minimum Gasteiger partial charge on any atom is -0.478 e. The van der Waals surface area contributed by atoms with Gasteiger partial charge < -0.3 is 9.47 Å². The van der Waals surface area contributed by atoms with Gasteiger partial charge in [0.05, 0.1) is 18.1 Å². The lowest BCUT2D eigenvalue weighted by Gasteiger charge is -2.08. The molecule has 1 heterocycles. The van der Waals surface area contributed by atoms with Crippen molar-refractivity contribution in [1.29, 1.82) is 0 Å². The first-order valence-electron chi connectivity index (χ1n) is 4.62. The summed E-state index contributed by atoms with van der Waals surface area (Å²) in [6.07, 6.45) is 2.00. The zero-order valence-corrected chi connectivity index (χ0v) is 9.56. The van der Waals surface area contributed by atoms with E-state index in [-0.39, 0.29) is 0 Å². The van der Waals surface area contributed by atoms with Crippen LogP contribution in [0.4, 0.5) is 0 Å². The summed E-state index contributed by atoms with van der Waals surface area (Å²) in [6.45, 7) is 5.12. The van der Waals surface area contributed by atoms with Gasteiger partial charge in [-0.25, -0.2) is 0 Å². The van der Waals surface area contributed by atoms with Crippen molar-refractivity contribution in [2.24, 2.45) is 0 Å². The topological polar surface area (TPSA) is 31.4 Å². The van der Waals surface area contributed by atoms with Gasteiger partial charge >= 0.3 is 0 Å². The highest BCUT2D eigenvalue weighted by Crippen LogP contribution is 2.27. The fourth-order valence-electron chi connectivity index (χ4n) is 1.03. The van der Waals surface area contributed by atoms with Gasteiger partial charge in [-0.2, -0.15) is 4.98 Å². The Morgan fingerprint density at radius 1 is 1.21 bits per heavy atom. The van der Waals surface area contributed by atoms with Crippen molar-refractivity contribution in [2.75, 3.05) is 19.5 Å². The predicted molar refractivity (Wildman–Crippen MR) is 58.4 cm³/mol. The predicted octanol–water partition coefficient (Wildman–Crippen LogP) is 2.60. The maximum Gasteiger partial charge on any atom is 0.230 e. The lowest BCUT2D eigenvalue weighted by molar-refractivity contribution is 0.293. The van der Waals surface area contributed by atoms with Gasteiger partial charge in [0.15, 0.2) is 0 Å². The van der Waals surface area contributed by atoms with Crippen LogP contribution in [0.15, 0.2) is 17.0 Å². The quantitative estimate of drug-likeness (QED) is 0.704. The molecule has 0 bridgehead atoms. The number of pyridine rings is 1. The van der Waals surface area contributed by atoms with E-state index in [4.69, 9.17) is 9.47 Å². The van der Waals surface area contributed by atoms with Crippen LogP contribution < -0.4 is 9.47 Å². The van der Waals surface area contributed by atoms with Crippen molar-refractivity contribution >= 4 is 11.8 Å². The largest absolute Gasteiger partial charge is 0.478 e. The smallest absolute Gasteiger partial charge is 0.230 e. The standard InChI is InChI=1S/C10H15NO2S/c1-4-12-9-7-6-8(14-3)10(11-9)13-5-2/h6-7H,4-5H2,1-3H3. The summed E-state index contributed by atoms with van der Waals surface area (Å²) in [5.74, 6) is 1.28. The molecule has 0 radical (unpaired) electrons. The molecule has 78 valence electrons. The van der Waals surface area contributed by atoms with Gasteiger partial charge in [-0.3, -0.25) is 0 Å². The van der Waals surface area contributed by atoms with Crippen LogP contribution in [0.3, 0.4) is 0 Å². The second kappa shape index (κ2) is 5.75. The summed E-state index contributed by atoms with van der Waals surface area (Å²) >= 11 is 1.62. The van der Waals surface area contributed by atoms with Crippen LogP contribution in [0.25, 0.3) is 0 Å². The van der Waals surface area contributed by atoms with E-state index in [0.29, 0.717) is 25.0 Å². The fraction of sp³-hybridized carbons (Fsp3) is 0.500. The zero-order valence-electron chi connectivity index (χ0n) is 8.74. The van der Waals surface area contributed by atoms with E-state index in [9.17, 15) is 0 Å². The van der Waals surface area contributed by atoms with Crippen molar-refractivity contribution in [3.63, 3.8) is 0 Å².